The molecule has 0 saturated heterocycles. The van der Waals surface area contributed by atoms with Crippen molar-refractivity contribution in [2.75, 3.05) is 6.54 Å². The van der Waals surface area contributed by atoms with Crippen LogP contribution < -0.4 is 10.7 Å². The van der Waals surface area contributed by atoms with Gasteiger partial charge in [-0.15, -0.1) is 0 Å². The third-order valence-electron chi connectivity index (χ3n) is 4.98. The summed E-state index contributed by atoms with van der Waals surface area (Å²) in [6, 6.07) is 24.7. The normalized spacial score (nSPS) is 10.9. The average molecular weight is 516 g/mol. The zero-order valence-corrected chi connectivity index (χ0v) is 20.0. The summed E-state index contributed by atoms with van der Waals surface area (Å²) in [5, 5.41) is 11.4. The highest BCUT2D eigenvalue weighted by atomic mass is 79.9. The van der Waals surface area contributed by atoms with E-state index in [4.69, 9.17) is 5.10 Å². The van der Waals surface area contributed by atoms with Gasteiger partial charge in [-0.3, -0.25) is 9.59 Å². The molecular weight excluding hydrogens is 494 g/mol. The highest BCUT2D eigenvalue weighted by Gasteiger charge is 2.12. The second-order valence-corrected chi connectivity index (χ2v) is 8.48. The highest BCUT2D eigenvalue weighted by Crippen LogP contribution is 2.23. The van der Waals surface area contributed by atoms with Gasteiger partial charge in [0.2, 0.25) is 0 Å². The predicted octanol–water partition coefficient (Wildman–Crippen LogP) is 4.49. The van der Waals surface area contributed by atoms with Gasteiger partial charge in [0.1, 0.15) is 5.69 Å². The first kappa shape index (κ1) is 23.1. The van der Waals surface area contributed by atoms with Gasteiger partial charge < -0.3 is 5.32 Å². The maximum atomic E-state index is 12.2. The Labute approximate surface area is 205 Å². The number of rotatable bonds is 7. The van der Waals surface area contributed by atoms with Crippen molar-refractivity contribution in [2.45, 2.75) is 6.92 Å². The Kier molecular flexibility index (Phi) is 7.29. The molecule has 7 nitrogen and oxygen atoms in total. The van der Waals surface area contributed by atoms with E-state index < -0.39 is 5.91 Å². The Morgan fingerprint density at radius 2 is 1.79 bits per heavy atom. The molecule has 0 aliphatic heterocycles. The number of para-hydroxylation sites is 1. The van der Waals surface area contributed by atoms with E-state index >= 15 is 0 Å². The smallest absolute Gasteiger partial charge is 0.259 e. The van der Waals surface area contributed by atoms with Crippen molar-refractivity contribution in [2.24, 2.45) is 5.10 Å². The van der Waals surface area contributed by atoms with Crippen LogP contribution in [0.25, 0.3) is 16.9 Å². The number of carbonyl (C=O) groups excluding carboxylic acids is 2. The van der Waals surface area contributed by atoms with E-state index in [1.165, 1.54) is 0 Å². The second kappa shape index (κ2) is 10.7. The number of halogens is 1. The molecule has 4 aromatic rings. The molecule has 1 aromatic heterocycles. The molecule has 0 aliphatic rings. The number of aryl methyl sites for hydroxylation is 1. The minimum Gasteiger partial charge on any atom is -0.343 e. The van der Waals surface area contributed by atoms with E-state index in [0.29, 0.717) is 5.56 Å². The third-order valence-corrected chi connectivity index (χ3v) is 5.47. The lowest BCUT2D eigenvalue weighted by molar-refractivity contribution is -0.120. The fourth-order valence-electron chi connectivity index (χ4n) is 3.24. The summed E-state index contributed by atoms with van der Waals surface area (Å²) in [6.45, 7) is 1.83. The number of hydrogen-bond acceptors (Lipinski definition) is 4. The van der Waals surface area contributed by atoms with E-state index in [2.05, 4.69) is 31.8 Å². The Morgan fingerprint density at radius 3 is 2.53 bits per heavy atom. The number of amides is 2. The van der Waals surface area contributed by atoms with Crippen molar-refractivity contribution in [3.63, 3.8) is 0 Å². The Morgan fingerprint density at radius 1 is 1.03 bits per heavy atom. The zero-order chi connectivity index (χ0) is 23.9. The van der Waals surface area contributed by atoms with E-state index in [9.17, 15) is 9.59 Å². The van der Waals surface area contributed by atoms with Gasteiger partial charge in [-0.25, -0.2) is 10.1 Å². The van der Waals surface area contributed by atoms with Gasteiger partial charge in [0.05, 0.1) is 18.4 Å². The Hall–Kier alpha value is -4.04. The number of aromatic nitrogens is 2. The largest absolute Gasteiger partial charge is 0.343 e. The number of nitrogens with one attached hydrogen (secondary N) is 2. The van der Waals surface area contributed by atoms with Crippen LogP contribution in [0.4, 0.5) is 0 Å². The summed E-state index contributed by atoms with van der Waals surface area (Å²) in [5.74, 6) is -0.779. The summed E-state index contributed by atoms with van der Waals surface area (Å²) in [6.07, 6.45) is 3.41. The first-order valence-electron chi connectivity index (χ1n) is 10.6. The van der Waals surface area contributed by atoms with Crippen molar-refractivity contribution in [3.05, 3.63) is 106 Å². The summed E-state index contributed by atoms with van der Waals surface area (Å²) in [4.78, 5) is 24.4. The molecule has 0 aliphatic carbocycles. The fraction of sp³-hybridized carbons (Fsp3) is 0.0769. The van der Waals surface area contributed by atoms with E-state index in [1.54, 1.807) is 29.1 Å². The first-order valence-corrected chi connectivity index (χ1v) is 11.4. The minimum atomic E-state index is -0.438. The average Bonchev–Trinajstić information content (AvgIpc) is 3.27. The molecule has 2 amide bonds. The third kappa shape index (κ3) is 5.85. The van der Waals surface area contributed by atoms with Gasteiger partial charge in [0.25, 0.3) is 11.8 Å². The lowest BCUT2D eigenvalue weighted by atomic mass is 10.1. The van der Waals surface area contributed by atoms with Crippen LogP contribution in [0, 0.1) is 6.92 Å². The van der Waals surface area contributed by atoms with Crippen molar-refractivity contribution in [3.8, 4) is 16.9 Å². The molecule has 4 rings (SSSR count). The molecule has 0 spiro atoms. The monoisotopic (exact) mass is 515 g/mol. The Bertz CT molecular complexity index is 1330. The lowest BCUT2D eigenvalue weighted by Crippen LogP contribution is -2.34. The molecule has 0 radical (unpaired) electrons. The molecule has 0 bridgehead atoms. The number of hydrazone groups is 1. The van der Waals surface area contributed by atoms with Gasteiger partial charge in [-0.2, -0.15) is 10.2 Å². The van der Waals surface area contributed by atoms with Crippen LogP contribution in [-0.4, -0.2) is 34.4 Å². The molecule has 0 saturated carbocycles. The second-order valence-electron chi connectivity index (χ2n) is 7.57. The molecule has 1 heterocycles. The summed E-state index contributed by atoms with van der Waals surface area (Å²) in [7, 11) is 0. The highest BCUT2D eigenvalue weighted by molar-refractivity contribution is 9.10. The van der Waals surface area contributed by atoms with Crippen molar-refractivity contribution in [1.29, 1.82) is 0 Å². The molecule has 2 N–H and O–H groups in total. The van der Waals surface area contributed by atoms with Crippen molar-refractivity contribution >= 4 is 34.0 Å². The lowest BCUT2D eigenvalue weighted by Gasteiger charge is -2.04. The van der Waals surface area contributed by atoms with Gasteiger partial charge >= 0.3 is 0 Å². The number of carbonyl (C=O) groups is 2. The van der Waals surface area contributed by atoms with Crippen LogP contribution in [0.3, 0.4) is 0 Å². The van der Waals surface area contributed by atoms with Gasteiger partial charge in [-0.1, -0.05) is 70.0 Å². The molecule has 170 valence electrons. The van der Waals surface area contributed by atoms with E-state index in [1.807, 2.05) is 73.8 Å². The van der Waals surface area contributed by atoms with Crippen LogP contribution >= 0.6 is 15.9 Å². The summed E-state index contributed by atoms with van der Waals surface area (Å²) >= 11 is 3.32. The summed E-state index contributed by atoms with van der Waals surface area (Å²) in [5.41, 5.74) is 7.40. The zero-order valence-electron chi connectivity index (χ0n) is 18.4. The predicted molar refractivity (Wildman–Crippen MR) is 136 cm³/mol. The molecule has 3 aromatic carbocycles. The maximum Gasteiger partial charge on any atom is 0.259 e. The molecule has 8 heteroatoms. The quantitative estimate of drug-likeness (QED) is 0.280. The van der Waals surface area contributed by atoms with Crippen molar-refractivity contribution in [1.82, 2.24) is 20.5 Å². The van der Waals surface area contributed by atoms with Gasteiger partial charge in [0, 0.05) is 27.4 Å². The van der Waals surface area contributed by atoms with Crippen LogP contribution in [-0.2, 0) is 4.79 Å². The topological polar surface area (TPSA) is 88.4 Å². The van der Waals surface area contributed by atoms with Gasteiger partial charge in [-0.05, 0) is 37.3 Å². The number of benzene rings is 3. The van der Waals surface area contributed by atoms with Crippen LogP contribution in [0.15, 0.2) is 94.6 Å². The molecule has 34 heavy (non-hydrogen) atoms. The molecule has 0 unspecified atom stereocenters. The SMILES string of the molecule is Cc1ccc(-c2nn(-c3ccccc3)cc2/C=N\NC(=O)CNC(=O)c2cccc(Br)c2)cc1. The van der Waals surface area contributed by atoms with E-state index in [0.717, 1.165) is 32.5 Å². The number of nitrogens with zero attached hydrogens (tertiary/aromatic N) is 3. The molecular formula is C26H22BrN5O2. The summed E-state index contributed by atoms with van der Waals surface area (Å²) < 4.78 is 2.56. The van der Waals surface area contributed by atoms with Crippen LogP contribution in [0.5, 0.6) is 0 Å². The Balaban J connectivity index is 1.46. The maximum absolute atomic E-state index is 12.2. The minimum absolute atomic E-state index is 0.198. The van der Waals surface area contributed by atoms with Gasteiger partial charge in [0.15, 0.2) is 0 Å². The molecule has 0 fully saturated rings. The van der Waals surface area contributed by atoms with E-state index in [-0.39, 0.29) is 12.5 Å². The van der Waals surface area contributed by atoms with Crippen LogP contribution in [0.1, 0.15) is 21.5 Å². The standard InChI is InChI=1S/C26H22BrN5O2/c1-18-10-12-19(13-11-18)25-21(17-32(31-25)23-8-3-2-4-9-23)15-29-30-24(33)16-28-26(34)20-6-5-7-22(27)14-20/h2-15,17H,16H2,1H3,(H,28,34)(H,30,33)/b29-15-. The first-order chi connectivity index (χ1) is 16.5. The van der Waals surface area contributed by atoms with Crippen molar-refractivity contribution < 1.29 is 9.59 Å². The number of hydrogen-bond donors (Lipinski definition) is 2. The molecule has 0 atom stereocenters. The van der Waals surface area contributed by atoms with Crippen LogP contribution in [0.2, 0.25) is 0 Å². The fourth-order valence-corrected chi connectivity index (χ4v) is 3.64.